The summed E-state index contributed by atoms with van der Waals surface area (Å²) in [5.41, 5.74) is 6.44. The summed E-state index contributed by atoms with van der Waals surface area (Å²) in [6, 6.07) is 8.61. The number of benzene rings is 1. The van der Waals surface area contributed by atoms with E-state index in [2.05, 4.69) is 0 Å². The lowest BCUT2D eigenvalue weighted by atomic mass is 10.2. The highest BCUT2D eigenvalue weighted by Gasteiger charge is 2.10. The van der Waals surface area contributed by atoms with Crippen molar-refractivity contribution in [1.29, 1.82) is 0 Å². The highest BCUT2D eigenvalue weighted by atomic mass is 32.1. The van der Waals surface area contributed by atoms with Gasteiger partial charge in [-0.25, -0.2) is 4.39 Å². The van der Waals surface area contributed by atoms with Gasteiger partial charge in [-0.1, -0.05) is 12.2 Å². The topological polar surface area (TPSA) is 42.4 Å². The molecule has 0 saturated carbocycles. The van der Waals surface area contributed by atoms with Crippen LogP contribution < -0.4 is 10.6 Å². The van der Waals surface area contributed by atoms with E-state index in [0.717, 1.165) is 17.2 Å². The minimum atomic E-state index is -0.410. The second kappa shape index (κ2) is 5.40. The number of thiocarbonyl (C=S) groups is 1. The van der Waals surface area contributed by atoms with E-state index in [0.29, 0.717) is 6.54 Å². The van der Waals surface area contributed by atoms with E-state index in [1.807, 2.05) is 31.0 Å². The van der Waals surface area contributed by atoms with E-state index >= 15 is 0 Å². The molecular formula is C14H15FN2OS. The van der Waals surface area contributed by atoms with E-state index in [4.69, 9.17) is 22.4 Å². The molecule has 2 N–H and O–H groups in total. The summed E-state index contributed by atoms with van der Waals surface area (Å²) >= 11 is 4.78. The molecule has 0 spiro atoms. The Bertz CT molecular complexity index is 609. The van der Waals surface area contributed by atoms with Crippen LogP contribution in [0, 0.1) is 12.7 Å². The molecule has 0 amide bonds. The first-order valence-corrected chi connectivity index (χ1v) is 6.24. The van der Waals surface area contributed by atoms with Crippen LogP contribution in [0.5, 0.6) is 0 Å². The third-order valence-electron chi connectivity index (χ3n) is 2.85. The number of nitrogens with zero attached hydrogens (tertiary/aromatic N) is 1. The average Bonchev–Trinajstić information content (AvgIpc) is 2.74. The normalized spacial score (nSPS) is 10.5. The van der Waals surface area contributed by atoms with Crippen molar-refractivity contribution in [3.05, 3.63) is 53.2 Å². The molecule has 19 heavy (non-hydrogen) atoms. The van der Waals surface area contributed by atoms with Gasteiger partial charge in [-0.3, -0.25) is 0 Å². The van der Waals surface area contributed by atoms with Gasteiger partial charge in [0.2, 0.25) is 0 Å². The fourth-order valence-electron chi connectivity index (χ4n) is 1.84. The lowest BCUT2D eigenvalue weighted by Gasteiger charge is -2.18. The molecule has 0 radical (unpaired) electrons. The lowest BCUT2D eigenvalue weighted by molar-refractivity contribution is 0.481. The Kier molecular flexibility index (Phi) is 3.85. The van der Waals surface area contributed by atoms with Crippen LogP contribution in [0.3, 0.4) is 0 Å². The molecule has 1 heterocycles. The maximum atomic E-state index is 13.8. The van der Waals surface area contributed by atoms with Crippen LogP contribution in [0.2, 0.25) is 0 Å². The number of aryl methyl sites for hydroxylation is 1. The molecule has 100 valence electrons. The molecule has 0 unspecified atom stereocenters. The van der Waals surface area contributed by atoms with Crippen molar-refractivity contribution in [3.8, 4) is 0 Å². The molecule has 0 fully saturated rings. The van der Waals surface area contributed by atoms with Gasteiger partial charge >= 0.3 is 0 Å². The maximum Gasteiger partial charge on any atom is 0.135 e. The van der Waals surface area contributed by atoms with E-state index in [1.165, 1.54) is 6.07 Å². The third-order valence-corrected chi connectivity index (χ3v) is 3.07. The van der Waals surface area contributed by atoms with Crippen molar-refractivity contribution in [1.82, 2.24) is 0 Å². The van der Waals surface area contributed by atoms with Crippen LogP contribution in [-0.4, -0.2) is 12.0 Å². The SMILES string of the molecule is Cc1ccc(CN(C)c2ccc(C(N)=S)c(F)c2)o1. The lowest BCUT2D eigenvalue weighted by Crippen LogP contribution is -2.17. The number of rotatable bonds is 4. The first-order chi connectivity index (χ1) is 8.97. The first kappa shape index (κ1) is 13.5. The molecule has 0 aliphatic carbocycles. The zero-order valence-electron chi connectivity index (χ0n) is 10.8. The summed E-state index contributed by atoms with van der Waals surface area (Å²) in [5, 5.41) is 0. The quantitative estimate of drug-likeness (QED) is 0.873. The Morgan fingerprint density at radius 2 is 2.11 bits per heavy atom. The minimum absolute atomic E-state index is 0.0633. The largest absolute Gasteiger partial charge is 0.464 e. The van der Waals surface area contributed by atoms with E-state index < -0.39 is 5.82 Å². The van der Waals surface area contributed by atoms with Gasteiger partial charge in [0.25, 0.3) is 0 Å². The summed E-state index contributed by atoms with van der Waals surface area (Å²) < 4.78 is 19.3. The molecule has 0 aliphatic heterocycles. The molecule has 2 rings (SSSR count). The zero-order valence-corrected chi connectivity index (χ0v) is 11.6. The maximum absolute atomic E-state index is 13.8. The van der Waals surface area contributed by atoms with Gasteiger partial charge < -0.3 is 15.1 Å². The summed E-state index contributed by atoms with van der Waals surface area (Å²) in [7, 11) is 1.87. The van der Waals surface area contributed by atoms with E-state index in [1.54, 1.807) is 12.1 Å². The Labute approximate surface area is 116 Å². The van der Waals surface area contributed by atoms with Crippen LogP contribution >= 0.6 is 12.2 Å². The summed E-state index contributed by atoms with van der Waals surface area (Å²) in [4.78, 5) is 1.96. The van der Waals surface area contributed by atoms with Gasteiger partial charge in [0.15, 0.2) is 0 Å². The van der Waals surface area contributed by atoms with Crippen molar-refractivity contribution in [2.45, 2.75) is 13.5 Å². The summed E-state index contributed by atoms with van der Waals surface area (Å²) in [6.45, 7) is 2.46. The Morgan fingerprint density at radius 1 is 1.37 bits per heavy atom. The summed E-state index contributed by atoms with van der Waals surface area (Å²) in [6.07, 6.45) is 0. The van der Waals surface area contributed by atoms with Crippen LogP contribution in [0.15, 0.2) is 34.7 Å². The van der Waals surface area contributed by atoms with Gasteiger partial charge in [-0.2, -0.15) is 0 Å². The Hall–Kier alpha value is -1.88. The second-order valence-corrected chi connectivity index (χ2v) is 4.84. The molecule has 1 aromatic heterocycles. The number of nitrogens with two attached hydrogens (primary N) is 1. The number of hydrogen-bond acceptors (Lipinski definition) is 3. The number of halogens is 1. The highest BCUT2D eigenvalue weighted by Crippen LogP contribution is 2.20. The molecule has 0 aliphatic rings. The number of anilines is 1. The molecule has 1 aromatic carbocycles. The monoisotopic (exact) mass is 278 g/mol. The molecule has 0 saturated heterocycles. The zero-order chi connectivity index (χ0) is 14.0. The second-order valence-electron chi connectivity index (χ2n) is 4.40. The average molecular weight is 278 g/mol. The van der Waals surface area contributed by atoms with E-state index in [9.17, 15) is 4.39 Å². The van der Waals surface area contributed by atoms with Crippen LogP contribution in [0.4, 0.5) is 10.1 Å². The highest BCUT2D eigenvalue weighted by molar-refractivity contribution is 7.80. The minimum Gasteiger partial charge on any atom is -0.464 e. The van der Waals surface area contributed by atoms with Crippen LogP contribution in [0.25, 0.3) is 0 Å². The van der Waals surface area contributed by atoms with E-state index in [-0.39, 0.29) is 10.6 Å². The molecule has 2 aromatic rings. The van der Waals surface area contributed by atoms with Gasteiger partial charge in [0, 0.05) is 18.3 Å². The van der Waals surface area contributed by atoms with Gasteiger partial charge in [-0.15, -0.1) is 0 Å². The summed E-state index contributed by atoms with van der Waals surface area (Å²) in [5.74, 6) is 1.28. The van der Waals surface area contributed by atoms with Crippen LogP contribution in [-0.2, 0) is 6.54 Å². The molecular weight excluding hydrogens is 263 g/mol. The van der Waals surface area contributed by atoms with Crippen molar-refractivity contribution in [2.75, 3.05) is 11.9 Å². The molecule has 3 nitrogen and oxygen atoms in total. The van der Waals surface area contributed by atoms with Crippen LogP contribution in [0.1, 0.15) is 17.1 Å². The van der Waals surface area contributed by atoms with Crippen molar-refractivity contribution < 1.29 is 8.81 Å². The molecule has 0 atom stereocenters. The predicted molar refractivity (Wildman–Crippen MR) is 77.8 cm³/mol. The fourth-order valence-corrected chi connectivity index (χ4v) is 2.00. The Morgan fingerprint density at radius 3 is 2.63 bits per heavy atom. The Balaban J connectivity index is 2.17. The van der Waals surface area contributed by atoms with Crippen molar-refractivity contribution in [2.24, 2.45) is 5.73 Å². The van der Waals surface area contributed by atoms with Gasteiger partial charge in [0.1, 0.15) is 22.3 Å². The third kappa shape index (κ3) is 3.12. The fraction of sp³-hybridized carbons (Fsp3) is 0.214. The standard InChI is InChI=1S/C14H15FN2OS/c1-9-3-5-11(18-9)8-17(2)10-4-6-12(14(16)19)13(15)7-10/h3-7H,8H2,1-2H3,(H2,16,19). The molecule has 0 bridgehead atoms. The van der Waals surface area contributed by atoms with Crippen molar-refractivity contribution >= 4 is 22.9 Å². The van der Waals surface area contributed by atoms with Gasteiger partial charge in [-0.05, 0) is 37.3 Å². The molecule has 5 heteroatoms. The smallest absolute Gasteiger partial charge is 0.135 e. The predicted octanol–water partition coefficient (Wildman–Crippen LogP) is 3.00. The number of hydrogen-bond donors (Lipinski definition) is 1. The first-order valence-electron chi connectivity index (χ1n) is 5.83. The van der Waals surface area contributed by atoms with Gasteiger partial charge in [0.05, 0.1) is 6.54 Å². The van der Waals surface area contributed by atoms with Crippen molar-refractivity contribution in [3.63, 3.8) is 0 Å². The number of furan rings is 1.